The summed E-state index contributed by atoms with van der Waals surface area (Å²) in [6.45, 7) is 1.85. The Bertz CT molecular complexity index is 578. The lowest BCUT2D eigenvalue weighted by atomic mass is 10.0. The van der Waals surface area contributed by atoms with Gasteiger partial charge >= 0.3 is 6.18 Å². The molecular formula is C14H15F3N2O. The van der Waals surface area contributed by atoms with Crippen LogP contribution in [0.15, 0.2) is 30.0 Å². The zero-order valence-corrected chi connectivity index (χ0v) is 11.1. The van der Waals surface area contributed by atoms with Crippen molar-refractivity contribution in [2.45, 2.75) is 25.6 Å². The van der Waals surface area contributed by atoms with Crippen molar-refractivity contribution in [1.82, 2.24) is 4.90 Å². The Hall–Kier alpha value is -1.98. The Morgan fingerprint density at radius 3 is 2.50 bits per heavy atom. The first kappa shape index (κ1) is 14.4. The van der Waals surface area contributed by atoms with Crippen molar-refractivity contribution >= 4 is 11.4 Å². The van der Waals surface area contributed by atoms with Gasteiger partial charge in [-0.2, -0.15) is 13.2 Å². The maximum Gasteiger partial charge on any atom is 0.416 e. The minimum atomic E-state index is -4.44. The molecule has 2 N–H and O–H groups in total. The molecule has 0 spiro atoms. The number of amidine groups is 1. The molecule has 0 bridgehead atoms. The first-order chi connectivity index (χ1) is 9.27. The summed E-state index contributed by atoms with van der Waals surface area (Å²) in [4.78, 5) is 1.56. The Morgan fingerprint density at radius 1 is 1.35 bits per heavy atom. The van der Waals surface area contributed by atoms with Crippen LogP contribution in [-0.2, 0) is 6.18 Å². The van der Waals surface area contributed by atoms with Gasteiger partial charge in [0.1, 0.15) is 11.6 Å². The first-order valence-corrected chi connectivity index (χ1v) is 6.19. The molecule has 0 amide bonds. The Kier molecular flexibility index (Phi) is 3.50. The van der Waals surface area contributed by atoms with Gasteiger partial charge in [0.05, 0.1) is 17.2 Å². The van der Waals surface area contributed by atoms with Crippen molar-refractivity contribution in [2.75, 3.05) is 7.05 Å². The lowest BCUT2D eigenvalue weighted by Crippen LogP contribution is -2.30. The normalized spacial score (nSPS) is 19.9. The Balaban J connectivity index is 2.51. The SMILES string of the molecule is CCC1C(O)=C(c2cccc(C(F)(F)F)c2)C(=N)N1C. The number of nitrogens with zero attached hydrogens (tertiary/aromatic N) is 1. The van der Waals surface area contributed by atoms with Crippen LogP contribution in [0.2, 0.25) is 0 Å². The second-order valence-electron chi connectivity index (χ2n) is 4.72. The van der Waals surface area contributed by atoms with Crippen LogP contribution in [0.25, 0.3) is 5.57 Å². The summed E-state index contributed by atoms with van der Waals surface area (Å²) < 4.78 is 38.2. The number of hydrogen-bond donors (Lipinski definition) is 2. The lowest BCUT2D eigenvalue weighted by Gasteiger charge is -2.20. The van der Waals surface area contributed by atoms with Crippen molar-refractivity contribution in [3.63, 3.8) is 0 Å². The van der Waals surface area contributed by atoms with Crippen molar-refractivity contribution in [2.24, 2.45) is 0 Å². The van der Waals surface area contributed by atoms with Gasteiger partial charge in [-0.05, 0) is 24.1 Å². The van der Waals surface area contributed by atoms with E-state index in [-0.39, 0.29) is 28.8 Å². The molecule has 108 valence electrons. The van der Waals surface area contributed by atoms with E-state index >= 15 is 0 Å². The van der Waals surface area contributed by atoms with Gasteiger partial charge in [-0.25, -0.2) is 0 Å². The van der Waals surface area contributed by atoms with Crippen molar-refractivity contribution in [3.8, 4) is 0 Å². The third kappa shape index (κ3) is 2.26. The highest BCUT2D eigenvalue weighted by Gasteiger charge is 2.36. The van der Waals surface area contributed by atoms with Gasteiger partial charge in [-0.3, -0.25) is 5.41 Å². The average molecular weight is 284 g/mol. The van der Waals surface area contributed by atoms with E-state index in [2.05, 4.69) is 0 Å². The quantitative estimate of drug-likeness (QED) is 0.870. The summed E-state index contributed by atoms with van der Waals surface area (Å²) >= 11 is 0. The van der Waals surface area contributed by atoms with Crippen molar-refractivity contribution < 1.29 is 18.3 Å². The topological polar surface area (TPSA) is 47.3 Å². The van der Waals surface area contributed by atoms with Gasteiger partial charge < -0.3 is 10.0 Å². The number of benzene rings is 1. The summed E-state index contributed by atoms with van der Waals surface area (Å²) in [6, 6.07) is 4.34. The molecule has 2 rings (SSSR count). The minimum Gasteiger partial charge on any atom is -0.509 e. The molecule has 0 saturated heterocycles. The summed E-state index contributed by atoms with van der Waals surface area (Å²) in [5, 5.41) is 18.1. The summed E-state index contributed by atoms with van der Waals surface area (Å²) in [6.07, 6.45) is -3.86. The fraction of sp³-hybridized carbons (Fsp3) is 0.357. The van der Waals surface area contributed by atoms with Gasteiger partial charge in [0.25, 0.3) is 0 Å². The van der Waals surface area contributed by atoms with Crippen LogP contribution in [0, 0.1) is 5.41 Å². The maximum atomic E-state index is 12.7. The number of nitrogens with one attached hydrogen (secondary N) is 1. The number of likely N-dealkylation sites (N-methyl/N-ethyl adjacent to an activating group) is 1. The van der Waals surface area contributed by atoms with Crippen LogP contribution in [0.1, 0.15) is 24.5 Å². The van der Waals surface area contributed by atoms with E-state index < -0.39 is 11.7 Å². The first-order valence-electron chi connectivity index (χ1n) is 6.19. The molecule has 0 radical (unpaired) electrons. The molecular weight excluding hydrogens is 269 g/mol. The third-order valence-corrected chi connectivity index (χ3v) is 3.49. The van der Waals surface area contributed by atoms with Gasteiger partial charge in [0, 0.05) is 7.05 Å². The predicted molar refractivity (Wildman–Crippen MR) is 70.6 cm³/mol. The monoisotopic (exact) mass is 284 g/mol. The summed E-state index contributed by atoms with van der Waals surface area (Å²) in [5.41, 5.74) is -0.402. The van der Waals surface area contributed by atoms with E-state index in [1.54, 1.807) is 11.9 Å². The smallest absolute Gasteiger partial charge is 0.416 e. The van der Waals surface area contributed by atoms with Crippen LogP contribution >= 0.6 is 0 Å². The number of halogens is 3. The fourth-order valence-electron chi connectivity index (χ4n) is 2.41. The van der Waals surface area contributed by atoms with Gasteiger partial charge in [-0.1, -0.05) is 19.1 Å². The molecule has 6 heteroatoms. The summed E-state index contributed by atoms with van der Waals surface area (Å²) in [7, 11) is 1.65. The van der Waals surface area contributed by atoms with E-state index in [9.17, 15) is 18.3 Å². The van der Waals surface area contributed by atoms with Crippen molar-refractivity contribution in [1.29, 1.82) is 5.41 Å². The standard InChI is InChI=1S/C14H15F3N2O/c1-3-10-12(20)11(13(18)19(10)2)8-5-4-6-9(7-8)14(15,16)17/h4-7,10,18,20H,3H2,1-2H3. The van der Waals surface area contributed by atoms with Crippen LogP contribution in [0.5, 0.6) is 0 Å². The molecule has 1 aromatic rings. The van der Waals surface area contributed by atoms with Crippen LogP contribution in [0.3, 0.4) is 0 Å². The molecule has 3 nitrogen and oxygen atoms in total. The molecule has 0 fully saturated rings. The van der Waals surface area contributed by atoms with E-state index in [4.69, 9.17) is 5.41 Å². The molecule has 1 aliphatic heterocycles. The molecule has 0 aliphatic carbocycles. The van der Waals surface area contributed by atoms with Gasteiger partial charge in [0.2, 0.25) is 0 Å². The number of aliphatic hydroxyl groups excluding tert-OH is 1. The minimum absolute atomic E-state index is 0.0358. The molecule has 0 saturated carbocycles. The Labute approximate surface area is 114 Å². The average Bonchev–Trinajstić information content (AvgIpc) is 2.59. The fourth-order valence-corrected chi connectivity index (χ4v) is 2.41. The van der Waals surface area contributed by atoms with E-state index in [0.717, 1.165) is 12.1 Å². The highest BCUT2D eigenvalue weighted by atomic mass is 19.4. The van der Waals surface area contributed by atoms with Crippen LogP contribution < -0.4 is 0 Å². The number of alkyl halides is 3. The van der Waals surface area contributed by atoms with Crippen molar-refractivity contribution in [3.05, 3.63) is 41.2 Å². The number of aliphatic hydroxyl groups is 1. The van der Waals surface area contributed by atoms with Crippen LogP contribution in [0.4, 0.5) is 13.2 Å². The molecule has 0 aromatic heterocycles. The molecule has 1 unspecified atom stereocenters. The maximum absolute atomic E-state index is 12.7. The number of rotatable bonds is 2. The predicted octanol–water partition coefficient (Wildman–Crippen LogP) is 3.68. The highest BCUT2D eigenvalue weighted by Crippen LogP contribution is 2.35. The van der Waals surface area contributed by atoms with Gasteiger partial charge in [0.15, 0.2) is 0 Å². The molecule has 1 aliphatic rings. The van der Waals surface area contributed by atoms with Gasteiger partial charge in [-0.15, -0.1) is 0 Å². The van der Waals surface area contributed by atoms with Crippen LogP contribution in [-0.4, -0.2) is 28.9 Å². The lowest BCUT2D eigenvalue weighted by molar-refractivity contribution is -0.137. The third-order valence-electron chi connectivity index (χ3n) is 3.49. The van der Waals surface area contributed by atoms with E-state index in [1.807, 2.05) is 6.92 Å². The molecule has 1 aromatic carbocycles. The molecule has 1 heterocycles. The zero-order valence-electron chi connectivity index (χ0n) is 11.1. The largest absolute Gasteiger partial charge is 0.509 e. The summed E-state index contributed by atoms with van der Waals surface area (Å²) in [5.74, 6) is -0.00648. The second kappa shape index (κ2) is 4.85. The molecule has 1 atom stereocenters. The Morgan fingerprint density at radius 2 is 2.00 bits per heavy atom. The zero-order chi connectivity index (χ0) is 15.1. The molecule has 20 heavy (non-hydrogen) atoms. The van der Waals surface area contributed by atoms with E-state index in [0.29, 0.717) is 6.42 Å². The number of hydrogen-bond acceptors (Lipinski definition) is 2. The van der Waals surface area contributed by atoms with E-state index in [1.165, 1.54) is 12.1 Å². The second-order valence-corrected chi connectivity index (χ2v) is 4.72. The highest BCUT2D eigenvalue weighted by molar-refractivity contribution is 6.24.